The third-order valence-corrected chi connectivity index (χ3v) is 4.85. The van der Waals surface area contributed by atoms with Crippen LogP contribution >= 0.6 is 11.3 Å². The molecule has 0 spiro atoms. The Hall–Kier alpha value is -1.18. The van der Waals surface area contributed by atoms with Crippen molar-refractivity contribution in [2.24, 2.45) is 4.99 Å². The second kappa shape index (κ2) is 9.85. The van der Waals surface area contributed by atoms with E-state index in [9.17, 15) is 0 Å². The lowest BCUT2D eigenvalue weighted by molar-refractivity contribution is -0.0320. The fraction of sp³-hybridized carbons (Fsp3) is 0.750. The Balaban J connectivity index is 1.58. The van der Waals surface area contributed by atoms with Gasteiger partial charge in [-0.2, -0.15) is 0 Å². The van der Waals surface area contributed by atoms with Crippen LogP contribution in [0.5, 0.6) is 0 Å². The molecule has 0 atom stereocenters. The number of nitrogens with one attached hydrogen (secondary N) is 2. The molecule has 130 valence electrons. The lowest BCUT2D eigenvalue weighted by atomic mass is 10.1. The second-order valence-electron chi connectivity index (χ2n) is 5.63. The maximum Gasteiger partial charge on any atom is 0.191 e. The molecule has 0 amide bonds. The van der Waals surface area contributed by atoms with E-state index in [0.717, 1.165) is 68.8 Å². The van der Waals surface area contributed by atoms with Gasteiger partial charge in [0.2, 0.25) is 0 Å². The maximum atomic E-state index is 5.86. The van der Waals surface area contributed by atoms with E-state index in [2.05, 4.69) is 20.6 Å². The van der Waals surface area contributed by atoms with Crippen LogP contribution in [0.2, 0.25) is 0 Å². The second-order valence-corrected chi connectivity index (χ2v) is 6.92. The number of aryl methyl sites for hydroxylation is 2. The molecule has 1 aliphatic rings. The average Bonchev–Trinajstić information content (AvgIpc) is 2.88. The predicted octanol–water partition coefficient (Wildman–Crippen LogP) is 2.01. The first-order chi connectivity index (χ1) is 11.2. The highest BCUT2D eigenvalue weighted by Gasteiger charge is 2.13. The van der Waals surface area contributed by atoms with Crippen molar-refractivity contribution in [3.05, 3.63) is 15.6 Å². The molecule has 0 saturated carbocycles. The monoisotopic (exact) mass is 340 g/mol. The lowest BCUT2D eigenvalue weighted by Gasteiger charge is -2.22. The first kappa shape index (κ1) is 18.2. The number of rotatable bonds is 7. The van der Waals surface area contributed by atoms with Crippen LogP contribution in [0, 0.1) is 13.8 Å². The average molecular weight is 340 g/mol. The fourth-order valence-electron chi connectivity index (χ4n) is 2.49. The molecule has 1 fully saturated rings. The van der Waals surface area contributed by atoms with Crippen molar-refractivity contribution < 1.29 is 9.47 Å². The predicted molar refractivity (Wildman–Crippen MR) is 94.2 cm³/mol. The van der Waals surface area contributed by atoms with Gasteiger partial charge in [-0.3, -0.25) is 4.99 Å². The standard InChI is InChI=1S/C16H28N4O2S/c1-12-15(23-13(2)20-12)11-19-16(17-3)18-7-4-8-22-14-5-9-21-10-6-14/h14H,4-11H2,1-3H3,(H2,17,18,19). The van der Waals surface area contributed by atoms with Gasteiger partial charge in [0.15, 0.2) is 5.96 Å². The zero-order valence-corrected chi connectivity index (χ0v) is 15.2. The van der Waals surface area contributed by atoms with Gasteiger partial charge < -0.3 is 20.1 Å². The molecule has 23 heavy (non-hydrogen) atoms. The van der Waals surface area contributed by atoms with Crippen LogP contribution in [-0.2, 0) is 16.0 Å². The molecule has 0 aliphatic carbocycles. The van der Waals surface area contributed by atoms with Gasteiger partial charge in [-0.25, -0.2) is 4.98 Å². The molecule has 1 aromatic rings. The van der Waals surface area contributed by atoms with E-state index in [1.807, 2.05) is 13.8 Å². The van der Waals surface area contributed by atoms with Crippen molar-refractivity contribution in [3.63, 3.8) is 0 Å². The van der Waals surface area contributed by atoms with E-state index >= 15 is 0 Å². The van der Waals surface area contributed by atoms with Crippen LogP contribution in [0.1, 0.15) is 34.8 Å². The van der Waals surface area contributed by atoms with E-state index < -0.39 is 0 Å². The van der Waals surface area contributed by atoms with Crippen molar-refractivity contribution in [2.75, 3.05) is 33.4 Å². The first-order valence-electron chi connectivity index (χ1n) is 8.26. The minimum absolute atomic E-state index is 0.374. The molecular weight excluding hydrogens is 312 g/mol. The molecule has 7 heteroatoms. The van der Waals surface area contributed by atoms with Crippen LogP contribution < -0.4 is 10.6 Å². The molecule has 2 heterocycles. The quantitative estimate of drug-likeness (QED) is 0.451. The van der Waals surface area contributed by atoms with Crippen LogP contribution in [0.25, 0.3) is 0 Å². The summed E-state index contributed by atoms with van der Waals surface area (Å²) in [5, 5.41) is 7.76. The van der Waals surface area contributed by atoms with Gasteiger partial charge >= 0.3 is 0 Å². The zero-order chi connectivity index (χ0) is 16.5. The largest absolute Gasteiger partial charge is 0.381 e. The Morgan fingerprint density at radius 3 is 2.78 bits per heavy atom. The summed E-state index contributed by atoms with van der Waals surface area (Å²) < 4.78 is 11.2. The Morgan fingerprint density at radius 1 is 1.35 bits per heavy atom. The van der Waals surface area contributed by atoms with Crippen molar-refractivity contribution >= 4 is 17.3 Å². The highest BCUT2D eigenvalue weighted by atomic mass is 32.1. The molecule has 2 rings (SSSR count). The summed E-state index contributed by atoms with van der Waals surface area (Å²) in [6.07, 6.45) is 3.38. The van der Waals surface area contributed by atoms with Crippen molar-refractivity contribution in [3.8, 4) is 0 Å². The molecule has 1 saturated heterocycles. The number of hydrogen-bond donors (Lipinski definition) is 2. The molecule has 0 bridgehead atoms. The normalized spacial score (nSPS) is 16.6. The highest BCUT2D eigenvalue weighted by molar-refractivity contribution is 7.11. The minimum atomic E-state index is 0.374. The Bertz CT molecular complexity index is 498. The van der Waals surface area contributed by atoms with E-state index in [4.69, 9.17) is 9.47 Å². The van der Waals surface area contributed by atoms with Crippen molar-refractivity contribution in [1.29, 1.82) is 0 Å². The number of hydrogen-bond acceptors (Lipinski definition) is 5. The summed E-state index contributed by atoms with van der Waals surface area (Å²) in [6.45, 7) is 8.13. The number of guanidine groups is 1. The lowest BCUT2D eigenvalue weighted by Crippen LogP contribution is -2.37. The molecule has 0 aromatic carbocycles. The maximum absolute atomic E-state index is 5.86. The molecule has 6 nitrogen and oxygen atoms in total. The van der Waals surface area contributed by atoms with E-state index in [-0.39, 0.29) is 0 Å². The van der Waals surface area contributed by atoms with Crippen LogP contribution in [0.3, 0.4) is 0 Å². The van der Waals surface area contributed by atoms with Crippen LogP contribution in [0.15, 0.2) is 4.99 Å². The van der Waals surface area contributed by atoms with Crippen molar-refractivity contribution in [1.82, 2.24) is 15.6 Å². The molecule has 1 aliphatic heterocycles. The number of ether oxygens (including phenoxy) is 2. The van der Waals surface area contributed by atoms with E-state index in [1.165, 1.54) is 4.88 Å². The summed E-state index contributed by atoms with van der Waals surface area (Å²) in [5.41, 5.74) is 1.10. The SMILES string of the molecule is CN=C(NCCCOC1CCOCC1)NCc1sc(C)nc1C. The number of thiazole rings is 1. The van der Waals surface area contributed by atoms with E-state index in [1.54, 1.807) is 18.4 Å². The third kappa shape index (κ3) is 6.45. The summed E-state index contributed by atoms with van der Waals surface area (Å²) in [4.78, 5) is 9.94. The zero-order valence-electron chi connectivity index (χ0n) is 14.4. The topological polar surface area (TPSA) is 67.8 Å². The third-order valence-electron chi connectivity index (χ3n) is 3.78. The fourth-order valence-corrected chi connectivity index (χ4v) is 3.37. The number of nitrogens with zero attached hydrogens (tertiary/aromatic N) is 2. The van der Waals surface area contributed by atoms with Gasteiger partial charge in [-0.1, -0.05) is 0 Å². The summed E-state index contributed by atoms with van der Waals surface area (Å²) >= 11 is 1.73. The van der Waals surface area contributed by atoms with Crippen LogP contribution in [0.4, 0.5) is 0 Å². The Labute approximate surface area is 142 Å². The summed E-state index contributed by atoms with van der Waals surface area (Å²) in [7, 11) is 1.79. The van der Waals surface area contributed by atoms with Gasteiger partial charge in [0.25, 0.3) is 0 Å². The van der Waals surface area contributed by atoms with Gasteiger partial charge in [0.05, 0.1) is 23.4 Å². The van der Waals surface area contributed by atoms with Gasteiger partial charge in [0, 0.05) is 38.3 Å². The number of aliphatic imine (C=N–C) groups is 1. The van der Waals surface area contributed by atoms with Gasteiger partial charge in [0.1, 0.15) is 0 Å². The number of aromatic nitrogens is 1. The molecular formula is C16H28N4O2S. The first-order valence-corrected chi connectivity index (χ1v) is 9.07. The van der Waals surface area contributed by atoms with Gasteiger partial charge in [-0.15, -0.1) is 11.3 Å². The highest BCUT2D eigenvalue weighted by Crippen LogP contribution is 2.16. The minimum Gasteiger partial charge on any atom is -0.381 e. The molecule has 0 unspecified atom stereocenters. The smallest absolute Gasteiger partial charge is 0.191 e. The summed E-state index contributed by atoms with van der Waals surface area (Å²) in [6, 6.07) is 0. The van der Waals surface area contributed by atoms with Crippen molar-refractivity contribution in [2.45, 2.75) is 45.8 Å². The van der Waals surface area contributed by atoms with Gasteiger partial charge in [-0.05, 0) is 33.1 Å². The molecule has 1 aromatic heterocycles. The van der Waals surface area contributed by atoms with Crippen LogP contribution in [-0.4, -0.2) is 50.5 Å². The van der Waals surface area contributed by atoms with E-state index in [0.29, 0.717) is 6.10 Å². The molecule has 0 radical (unpaired) electrons. The summed E-state index contributed by atoms with van der Waals surface area (Å²) in [5.74, 6) is 0.821. The Kier molecular flexibility index (Phi) is 7.78. The molecule has 2 N–H and O–H groups in total. The Morgan fingerprint density at radius 2 is 2.13 bits per heavy atom.